The van der Waals surface area contributed by atoms with E-state index in [0.29, 0.717) is 23.5 Å². The standard InChI is InChI=1S/C12H25NO.C12H23NO.C7H8O3S.H2O/c2*1-10(9-13(2)3)12(14)11-7-5-4-6-8-11;1-6-2-4-7(5-3-6)11(8,9)10;/h10-12,14H,4-9H2,1-3H3;10-11H,4-9H2,1-3H3;2-5H,1H3,(H,8,9,10);1H2/t10-,12-;10-;;/m11../s1. The smallest absolute Gasteiger partial charge is 0.294 e. The Morgan fingerprint density at radius 1 is 0.850 bits per heavy atom. The highest BCUT2D eigenvalue weighted by molar-refractivity contribution is 7.85. The minimum absolute atomic E-state index is 0. The summed E-state index contributed by atoms with van der Waals surface area (Å²) >= 11 is 0. The van der Waals surface area contributed by atoms with Crippen LogP contribution in [0.1, 0.15) is 83.6 Å². The van der Waals surface area contributed by atoms with Crippen LogP contribution in [0.25, 0.3) is 0 Å². The number of aryl methyl sites for hydroxylation is 1. The maximum Gasteiger partial charge on any atom is 0.294 e. The molecule has 0 bridgehead atoms. The minimum Gasteiger partial charge on any atom is -0.412 e. The first-order valence-electron chi connectivity index (χ1n) is 14.8. The van der Waals surface area contributed by atoms with Crippen molar-refractivity contribution in [1.82, 2.24) is 9.80 Å². The number of rotatable bonds is 9. The Kier molecular flexibility index (Phi) is 19.0. The Morgan fingerprint density at radius 2 is 1.30 bits per heavy atom. The van der Waals surface area contributed by atoms with E-state index in [9.17, 15) is 18.3 Å². The van der Waals surface area contributed by atoms with Gasteiger partial charge in [0, 0.05) is 24.9 Å². The van der Waals surface area contributed by atoms with Gasteiger partial charge in [0.15, 0.2) is 0 Å². The van der Waals surface area contributed by atoms with Gasteiger partial charge in [0.05, 0.1) is 11.0 Å². The molecule has 0 spiro atoms. The fourth-order valence-corrected chi connectivity index (χ4v) is 6.24. The summed E-state index contributed by atoms with van der Waals surface area (Å²) in [5.41, 5.74) is 0.956. The molecule has 4 N–H and O–H groups in total. The number of hydrogen-bond donors (Lipinski definition) is 2. The first-order chi connectivity index (χ1) is 18.2. The average Bonchev–Trinajstić information content (AvgIpc) is 2.88. The van der Waals surface area contributed by atoms with Gasteiger partial charge in [-0.05, 0) is 84.8 Å². The minimum atomic E-state index is -4.02. The van der Waals surface area contributed by atoms with E-state index in [0.717, 1.165) is 31.5 Å². The van der Waals surface area contributed by atoms with Crippen LogP contribution < -0.4 is 0 Å². The number of hydrogen-bond acceptors (Lipinski definition) is 6. The number of benzene rings is 1. The zero-order valence-electron chi connectivity index (χ0n) is 26.1. The van der Waals surface area contributed by atoms with Gasteiger partial charge in [-0.15, -0.1) is 0 Å². The van der Waals surface area contributed by atoms with Gasteiger partial charge in [-0.3, -0.25) is 9.35 Å². The van der Waals surface area contributed by atoms with E-state index in [1.807, 2.05) is 21.0 Å². The lowest BCUT2D eigenvalue weighted by molar-refractivity contribution is -0.127. The van der Waals surface area contributed by atoms with Crippen LogP contribution in [0.4, 0.5) is 0 Å². The third-order valence-corrected chi connectivity index (χ3v) is 8.69. The zero-order chi connectivity index (χ0) is 29.6. The van der Waals surface area contributed by atoms with Crippen LogP contribution in [0.15, 0.2) is 29.2 Å². The van der Waals surface area contributed by atoms with Crippen molar-refractivity contribution in [2.45, 2.75) is 96.0 Å². The van der Waals surface area contributed by atoms with Crippen LogP contribution in [0, 0.1) is 30.6 Å². The molecule has 2 aliphatic carbocycles. The summed E-state index contributed by atoms with van der Waals surface area (Å²) < 4.78 is 29.6. The first kappa shape index (κ1) is 38.6. The summed E-state index contributed by atoms with van der Waals surface area (Å²) in [5.74, 6) is 2.07. The quantitative estimate of drug-likeness (QED) is 0.395. The molecule has 1 aromatic carbocycles. The zero-order valence-corrected chi connectivity index (χ0v) is 26.9. The lowest BCUT2D eigenvalue weighted by Gasteiger charge is -2.31. The van der Waals surface area contributed by atoms with E-state index >= 15 is 0 Å². The lowest BCUT2D eigenvalue weighted by Crippen LogP contribution is -2.35. The van der Waals surface area contributed by atoms with Gasteiger partial charge in [0.25, 0.3) is 10.1 Å². The maximum atomic E-state index is 12.0. The number of aliphatic hydroxyl groups excluding tert-OH is 1. The van der Waals surface area contributed by atoms with Crippen LogP contribution in [0.2, 0.25) is 0 Å². The molecule has 0 aliphatic heterocycles. The van der Waals surface area contributed by atoms with Gasteiger partial charge in [0.1, 0.15) is 5.78 Å². The second kappa shape index (κ2) is 19.7. The van der Waals surface area contributed by atoms with E-state index in [1.54, 1.807) is 12.1 Å². The van der Waals surface area contributed by atoms with Gasteiger partial charge < -0.3 is 20.4 Å². The van der Waals surface area contributed by atoms with Crippen molar-refractivity contribution in [3.8, 4) is 0 Å². The van der Waals surface area contributed by atoms with Crippen molar-refractivity contribution in [1.29, 1.82) is 0 Å². The lowest BCUT2D eigenvalue weighted by atomic mass is 9.81. The van der Waals surface area contributed by atoms with Crippen LogP contribution in [-0.4, -0.2) is 86.5 Å². The summed E-state index contributed by atoms with van der Waals surface area (Å²) in [7, 11) is 4.19. The Labute approximate surface area is 244 Å². The molecule has 0 saturated heterocycles. The highest BCUT2D eigenvalue weighted by Gasteiger charge is 2.27. The van der Waals surface area contributed by atoms with Crippen LogP contribution in [-0.2, 0) is 14.9 Å². The summed E-state index contributed by atoms with van der Waals surface area (Å²) in [6, 6.07) is 5.99. The van der Waals surface area contributed by atoms with E-state index in [1.165, 1.54) is 63.5 Å². The van der Waals surface area contributed by atoms with Crippen molar-refractivity contribution in [3.63, 3.8) is 0 Å². The molecular formula is C31H58N2O6S. The molecule has 0 aromatic heterocycles. The Balaban J connectivity index is 0.000000568. The molecule has 8 nitrogen and oxygen atoms in total. The SMILES string of the molecule is C[C@H](CN(C)C)C(=O)C1CCCCC1.C[C@H](CN(C)C)[C@@H](O)C1CCCCC1.Cc1ccc(S(=O)(=O)O)cc1.O. The molecule has 3 rings (SSSR count). The average molecular weight is 587 g/mol. The molecule has 3 atom stereocenters. The second-order valence-corrected chi connectivity index (χ2v) is 13.7. The second-order valence-electron chi connectivity index (χ2n) is 12.3. The van der Waals surface area contributed by atoms with Crippen molar-refractivity contribution in [2.75, 3.05) is 41.3 Å². The summed E-state index contributed by atoms with van der Waals surface area (Å²) in [6.07, 6.45) is 12.5. The Hall–Kier alpha value is -1.36. The van der Waals surface area contributed by atoms with E-state index in [2.05, 4.69) is 37.7 Å². The van der Waals surface area contributed by atoms with Gasteiger partial charge in [-0.2, -0.15) is 8.42 Å². The third-order valence-electron chi connectivity index (χ3n) is 7.82. The van der Waals surface area contributed by atoms with Crippen LogP contribution in [0.5, 0.6) is 0 Å². The van der Waals surface area contributed by atoms with Crippen molar-refractivity contribution >= 4 is 15.9 Å². The third kappa shape index (κ3) is 15.6. The predicted molar refractivity (Wildman–Crippen MR) is 164 cm³/mol. The van der Waals surface area contributed by atoms with E-state index in [4.69, 9.17) is 4.55 Å². The number of ketones is 1. The Bertz CT molecular complexity index is 908. The van der Waals surface area contributed by atoms with Crippen LogP contribution in [0.3, 0.4) is 0 Å². The number of nitrogens with zero attached hydrogens (tertiary/aromatic N) is 2. The molecule has 0 unspecified atom stereocenters. The van der Waals surface area contributed by atoms with Gasteiger partial charge in [0.2, 0.25) is 0 Å². The summed E-state index contributed by atoms with van der Waals surface area (Å²) in [5, 5.41) is 10.2. The topological polar surface area (TPSA) is 130 Å². The molecule has 0 amide bonds. The summed E-state index contributed by atoms with van der Waals surface area (Å²) in [6.45, 7) is 7.97. The van der Waals surface area contributed by atoms with Gasteiger partial charge in [-0.25, -0.2) is 0 Å². The van der Waals surface area contributed by atoms with Gasteiger partial charge in [-0.1, -0.05) is 70.1 Å². The molecule has 9 heteroatoms. The number of carbonyl (C=O) groups is 1. The van der Waals surface area contributed by atoms with Gasteiger partial charge >= 0.3 is 0 Å². The number of aliphatic hydroxyl groups is 1. The molecule has 1 aromatic rings. The molecule has 40 heavy (non-hydrogen) atoms. The molecular weight excluding hydrogens is 528 g/mol. The fourth-order valence-electron chi connectivity index (χ4n) is 5.76. The highest BCUT2D eigenvalue weighted by Crippen LogP contribution is 2.29. The normalized spacial score (nSPS) is 18.9. The molecule has 2 aliphatic rings. The van der Waals surface area contributed by atoms with E-state index < -0.39 is 10.1 Å². The summed E-state index contributed by atoms with van der Waals surface area (Å²) in [4.78, 5) is 16.2. The largest absolute Gasteiger partial charge is 0.412 e. The molecule has 234 valence electrons. The van der Waals surface area contributed by atoms with Crippen molar-refractivity contribution < 1.29 is 28.3 Å². The molecule has 0 heterocycles. The van der Waals surface area contributed by atoms with Crippen molar-refractivity contribution in [2.24, 2.45) is 23.7 Å². The van der Waals surface area contributed by atoms with Crippen LogP contribution >= 0.6 is 0 Å². The number of carbonyl (C=O) groups excluding carboxylic acids is 1. The molecule has 2 fully saturated rings. The van der Waals surface area contributed by atoms with E-state index in [-0.39, 0.29) is 22.4 Å². The Morgan fingerprint density at radius 3 is 1.73 bits per heavy atom. The fraction of sp³-hybridized carbons (Fsp3) is 0.774. The maximum absolute atomic E-state index is 12.0. The number of Topliss-reactive ketones (excluding diaryl/α,β-unsaturated/α-hetero) is 1. The molecule has 2 saturated carbocycles. The predicted octanol–water partition coefficient (Wildman–Crippen LogP) is 4.88. The molecule has 0 radical (unpaired) electrons. The van der Waals surface area contributed by atoms with Crippen molar-refractivity contribution in [3.05, 3.63) is 29.8 Å². The monoisotopic (exact) mass is 586 g/mol. The highest BCUT2D eigenvalue weighted by atomic mass is 32.2. The first-order valence-corrected chi connectivity index (χ1v) is 16.2.